The standard InChI is InChI=1S/C14H22N4/c1-15-8-11-9-16-14(17-10-11)18-7-6-12-4-2-3-5-13(12)18/h9-10,12-13,15H,2-8H2,1H3. The Morgan fingerprint density at radius 1 is 1.22 bits per heavy atom. The summed E-state index contributed by atoms with van der Waals surface area (Å²) in [5.74, 6) is 1.82. The topological polar surface area (TPSA) is 41.1 Å². The van der Waals surface area contributed by atoms with E-state index in [1.165, 1.54) is 32.1 Å². The zero-order valence-electron chi connectivity index (χ0n) is 11.1. The molecule has 1 aromatic heterocycles. The van der Waals surface area contributed by atoms with E-state index in [1.807, 2.05) is 19.4 Å². The average molecular weight is 246 g/mol. The number of fused-ring (bicyclic) bond motifs is 1. The first-order valence-corrected chi connectivity index (χ1v) is 7.10. The van der Waals surface area contributed by atoms with Crippen LogP contribution in [0.15, 0.2) is 12.4 Å². The molecule has 2 aliphatic rings. The predicted octanol–water partition coefficient (Wildman–Crippen LogP) is 1.96. The SMILES string of the molecule is CNCc1cnc(N2CCC3CCCCC32)nc1. The van der Waals surface area contributed by atoms with Crippen LogP contribution in [0, 0.1) is 5.92 Å². The highest BCUT2D eigenvalue weighted by atomic mass is 15.3. The van der Waals surface area contributed by atoms with Crippen LogP contribution in [0.2, 0.25) is 0 Å². The van der Waals surface area contributed by atoms with Crippen LogP contribution in [-0.4, -0.2) is 29.6 Å². The minimum atomic E-state index is 0.703. The maximum Gasteiger partial charge on any atom is 0.225 e. The molecule has 1 saturated carbocycles. The molecule has 3 rings (SSSR count). The highest BCUT2D eigenvalue weighted by molar-refractivity contribution is 5.34. The van der Waals surface area contributed by atoms with Crippen molar-refractivity contribution >= 4 is 5.95 Å². The van der Waals surface area contributed by atoms with Crippen LogP contribution in [0.4, 0.5) is 5.95 Å². The summed E-state index contributed by atoms with van der Waals surface area (Å²) in [5, 5.41) is 3.12. The second-order valence-corrected chi connectivity index (χ2v) is 5.52. The molecule has 2 unspecified atom stereocenters. The Morgan fingerprint density at radius 2 is 2.00 bits per heavy atom. The number of anilines is 1. The maximum atomic E-state index is 4.55. The van der Waals surface area contributed by atoms with E-state index in [-0.39, 0.29) is 0 Å². The zero-order chi connectivity index (χ0) is 12.4. The highest BCUT2D eigenvalue weighted by Crippen LogP contribution is 2.37. The number of hydrogen-bond acceptors (Lipinski definition) is 4. The molecule has 0 aromatic carbocycles. The number of aromatic nitrogens is 2. The second-order valence-electron chi connectivity index (χ2n) is 5.52. The van der Waals surface area contributed by atoms with Gasteiger partial charge in [0.05, 0.1) is 0 Å². The normalized spacial score (nSPS) is 27.3. The molecule has 0 spiro atoms. The molecule has 4 nitrogen and oxygen atoms in total. The fourth-order valence-corrected chi connectivity index (χ4v) is 3.45. The van der Waals surface area contributed by atoms with E-state index < -0.39 is 0 Å². The third kappa shape index (κ3) is 2.21. The molecule has 4 heteroatoms. The summed E-state index contributed by atoms with van der Waals surface area (Å²) in [5.41, 5.74) is 1.15. The Bertz CT molecular complexity index is 389. The van der Waals surface area contributed by atoms with Gasteiger partial charge in [0.1, 0.15) is 0 Å². The van der Waals surface area contributed by atoms with Crippen LogP contribution in [-0.2, 0) is 6.54 Å². The summed E-state index contributed by atoms with van der Waals surface area (Å²) < 4.78 is 0. The molecule has 1 aromatic rings. The van der Waals surface area contributed by atoms with Gasteiger partial charge in [0.2, 0.25) is 5.95 Å². The van der Waals surface area contributed by atoms with Crippen LogP contribution in [0.25, 0.3) is 0 Å². The number of rotatable bonds is 3. The van der Waals surface area contributed by atoms with E-state index in [4.69, 9.17) is 0 Å². The van der Waals surface area contributed by atoms with Crippen molar-refractivity contribution in [3.63, 3.8) is 0 Å². The molecule has 1 aliphatic heterocycles. The molecule has 2 fully saturated rings. The van der Waals surface area contributed by atoms with Crippen molar-refractivity contribution in [3.8, 4) is 0 Å². The zero-order valence-corrected chi connectivity index (χ0v) is 11.1. The fourth-order valence-electron chi connectivity index (χ4n) is 3.45. The summed E-state index contributed by atoms with van der Waals surface area (Å²) in [6.07, 6.45) is 10.7. The Kier molecular flexibility index (Phi) is 3.46. The highest BCUT2D eigenvalue weighted by Gasteiger charge is 2.36. The first-order chi connectivity index (χ1) is 8.88. The van der Waals surface area contributed by atoms with E-state index in [2.05, 4.69) is 20.2 Å². The minimum absolute atomic E-state index is 0.703. The summed E-state index contributed by atoms with van der Waals surface area (Å²) in [6, 6.07) is 0.703. The first kappa shape index (κ1) is 11.9. The molecule has 1 N–H and O–H groups in total. The molecule has 1 saturated heterocycles. The van der Waals surface area contributed by atoms with E-state index in [0.717, 1.165) is 30.5 Å². The first-order valence-electron chi connectivity index (χ1n) is 7.10. The summed E-state index contributed by atoms with van der Waals surface area (Å²) in [6.45, 7) is 1.98. The van der Waals surface area contributed by atoms with Crippen molar-refractivity contribution in [2.45, 2.75) is 44.7 Å². The van der Waals surface area contributed by atoms with Crippen molar-refractivity contribution < 1.29 is 0 Å². The van der Waals surface area contributed by atoms with Crippen LogP contribution in [0.5, 0.6) is 0 Å². The predicted molar refractivity (Wildman–Crippen MR) is 72.5 cm³/mol. The molecule has 0 bridgehead atoms. The lowest BCUT2D eigenvalue weighted by Crippen LogP contribution is -2.35. The van der Waals surface area contributed by atoms with Gasteiger partial charge >= 0.3 is 0 Å². The van der Waals surface area contributed by atoms with Crippen LogP contribution in [0.3, 0.4) is 0 Å². The second kappa shape index (κ2) is 5.22. The summed E-state index contributed by atoms with van der Waals surface area (Å²) in [4.78, 5) is 11.5. The Balaban J connectivity index is 1.74. The van der Waals surface area contributed by atoms with Gasteiger partial charge in [-0.2, -0.15) is 0 Å². The molecule has 2 heterocycles. The summed E-state index contributed by atoms with van der Waals surface area (Å²) in [7, 11) is 1.95. The molecule has 2 atom stereocenters. The van der Waals surface area contributed by atoms with Gasteiger partial charge in [0.25, 0.3) is 0 Å². The Hall–Kier alpha value is -1.16. The van der Waals surface area contributed by atoms with Crippen molar-refractivity contribution in [2.24, 2.45) is 5.92 Å². The molecule has 98 valence electrons. The fraction of sp³-hybridized carbons (Fsp3) is 0.714. The van der Waals surface area contributed by atoms with Gasteiger partial charge in [-0.05, 0) is 32.2 Å². The number of nitrogens with one attached hydrogen (secondary N) is 1. The van der Waals surface area contributed by atoms with E-state index >= 15 is 0 Å². The van der Waals surface area contributed by atoms with Crippen molar-refractivity contribution in [2.75, 3.05) is 18.5 Å². The van der Waals surface area contributed by atoms with Gasteiger partial charge in [-0.15, -0.1) is 0 Å². The smallest absolute Gasteiger partial charge is 0.225 e. The Labute approximate surface area is 109 Å². The third-order valence-corrected chi connectivity index (χ3v) is 4.34. The lowest BCUT2D eigenvalue weighted by atomic mass is 9.85. The molecular formula is C14H22N4. The van der Waals surface area contributed by atoms with Gasteiger partial charge in [-0.25, -0.2) is 9.97 Å². The lowest BCUT2D eigenvalue weighted by molar-refractivity contribution is 0.341. The quantitative estimate of drug-likeness (QED) is 0.885. The molecular weight excluding hydrogens is 224 g/mol. The van der Waals surface area contributed by atoms with Crippen molar-refractivity contribution in [1.29, 1.82) is 0 Å². The largest absolute Gasteiger partial charge is 0.338 e. The summed E-state index contributed by atoms with van der Waals surface area (Å²) >= 11 is 0. The lowest BCUT2D eigenvalue weighted by Gasteiger charge is -2.31. The van der Waals surface area contributed by atoms with Crippen molar-refractivity contribution in [1.82, 2.24) is 15.3 Å². The van der Waals surface area contributed by atoms with Crippen LogP contribution < -0.4 is 10.2 Å². The monoisotopic (exact) mass is 246 g/mol. The third-order valence-electron chi connectivity index (χ3n) is 4.34. The maximum absolute atomic E-state index is 4.55. The van der Waals surface area contributed by atoms with Gasteiger partial charge < -0.3 is 10.2 Å². The van der Waals surface area contributed by atoms with Crippen LogP contribution in [0.1, 0.15) is 37.7 Å². The van der Waals surface area contributed by atoms with E-state index in [9.17, 15) is 0 Å². The minimum Gasteiger partial charge on any atom is -0.338 e. The molecule has 0 radical (unpaired) electrons. The van der Waals surface area contributed by atoms with Gasteiger partial charge in [-0.3, -0.25) is 0 Å². The van der Waals surface area contributed by atoms with E-state index in [0.29, 0.717) is 6.04 Å². The van der Waals surface area contributed by atoms with E-state index in [1.54, 1.807) is 0 Å². The molecule has 1 aliphatic carbocycles. The Morgan fingerprint density at radius 3 is 2.78 bits per heavy atom. The van der Waals surface area contributed by atoms with Crippen LogP contribution >= 0.6 is 0 Å². The van der Waals surface area contributed by atoms with Gasteiger partial charge in [0, 0.05) is 37.1 Å². The molecule has 18 heavy (non-hydrogen) atoms. The van der Waals surface area contributed by atoms with Crippen molar-refractivity contribution in [3.05, 3.63) is 18.0 Å². The number of hydrogen-bond donors (Lipinski definition) is 1. The number of nitrogens with zero attached hydrogens (tertiary/aromatic N) is 3. The van der Waals surface area contributed by atoms with Gasteiger partial charge in [-0.1, -0.05) is 12.8 Å². The molecule has 0 amide bonds. The average Bonchev–Trinajstić information content (AvgIpc) is 2.84. The van der Waals surface area contributed by atoms with Gasteiger partial charge in [0.15, 0.2) is 0 Å².